The number of ketones is 1. The smallest absolute Gasteiger partial charge is 0.303 e. The van der Waals surface area contributed by atoms with Gasteiger partial charge in [-0.3, -0.25) is 9.59 Å². The van der Waals surface area contributed by atoms with Crippen molar-refractivity contribution in [3.05, 3.63) is 30.3 Å². The number of carbonyl (C=O) groups excluding carboxylic acids is 2. The van der Waals surface area contributed by atoms with E-state index in [1.807, 2.05) is 30.3 Å². The first kappa shape index (κ1) is 12.8. The number of benzene rings is 1. The number of Topliss-reactive ketones (excluding diaryl/α,β-unsaturated/α-hetero) is 1. The van der Waals surface area contributed by atoms with E-state index in [0.717, 1.165) is 4.90 Å². The minimum Gasteiger partial charge on any atom is -0.458 e. The molecule has 1 aromatic carbocycles. The fourth-order valence-corrected chi connectivity index (χ4v) is 1.97. The van der Waals surface area contributed by atoms with Crippen LogP contribution in [0.3, 0.4) is 0 Å². The summed E-state index contributed by atoms with van der Waals surface area (Å²) in [5.74, 6) is 0.257. The Hall–Kier alpha value is -1.29. The van der Waals surface area contributed by atoms with E-state index in [4.69, 9.17) is 0 Å². The standard InChI is InChI=1S/C12H14O3S/c1-10(13)15-9-11(14)7-8-16-12-5-3-2-4-6-12/h2-6H,7-9H2,1H3. The lowest BCUT2D eigenvalue weighted by Crippen LogP contribution is -2.11. The average molecular weight is 238 g/mol. The van der Waals surface area contributed by atoms with Crippen LogP contribution < -0.4 is 0 Å². The summed E-state index contributed by atoms with van der Waals surface area (Å²) < 4.78 is 4.61. The number of hydrogen-bond acceptors (Lipinski definition) is 4. The van der Waals surface area contributed by atoms with Crippen molar-refractivity contribution in [2.75, 3.05) is 12.4 Å². The molecule has 3 nitrogen and oxygen atoms in total. The molecular weight excluding hydrogens is 224 g/mol. The lowest BCUT2D eigenvalue weighted by atomic mass is 10.3. The normalized spacial score (nSPS) is 9.81. The molecule has 0 spiro atoms. The van der Waals surface area contributed by atoms with Crippen molar-refractivity contribution >= 4 is 23.5 Å². The molecule has 0 radical (unpaired) electrons. The van der Waals surface area contributed by atoms with Crippen LogP contribution in [-0.4, -0.2) is 24.1 Å². The van der Waals surface area contributed by atoms with Gasteiger partial charge in [-0.1, -0.05) is 18.2 Å². The Morgan fingerprint density at radius 3 is 2.56 bits per heavy atom. The summed E-state index contributed by atoms with van der Waals surface area (Å²) in [7, 11) is 0. The number of carbonyl (C=O) groups is 2. The highest BCUT2D eigenvalue weighted by Gasteiger charge is 2.04. The summed E-state index contributed by atoms with van der Waals surface area (Å²) >= 11 is 1.62. The molecule has 0 N–H and O–H groups in total. The number of ether oxygens (including phenoxy) is 1. The molecule has 1 rings (SSSR count). The van der Waals surface area contributed by atoms with Gasteiger partial charge in [0.1, 0.15) is 6.61 Å². The Balaban J connectivity index is 2.16. The van der Waals surface area contributed by atoms with Gasteiger partial charge in [0.25, 0.3) is 0 Å². The van der Waals surface area contributed by atoms with Crippen LogP contribution in [0.5, 0.6) is 0 Å². The maximum Gasteiger partial charge on any atom is 0.303 e. The van der Waals surface area contributed by atoms with Crippen LogP contribution in [0.2, 0.25) is 0 Å². The fraction of sp³-hybridized carbons (Fsp3) is 0.333. The van der Waals surface area contributed by atoms with Gasteiger partial charge in [-0.2, -0.15) is 0 Å². The van der Waals surface area contributed by atoms with Gasteiger partial charge in [0.15, 0.2) is 5.78 Å². The molecule has 86 valence electrons. The highest BCUT2D eigenvalue weighted by atomic mass is 32.2. The topological polar surface area (TPSA) is 43.4 Å². The molecule has 16 heavy (non-hydrogen) atoms. The van der Waals surface area contributed by atoms with Crippen LogP contribution >= 0.6 is 11.8 Å². The first-order valence-electron chi connectivity index (χ1n) is 5.01. The van der Waals surface area contributed by atoms with Gasteiger partial charge in [-0.15, -0.1) is 11.8 Å². The van der Waals surface area contributed by atoms with Crippen molar-refractivity contribution in [1.82, 2.24) is 0 Å². The van der Waals surface area contributed by atoms with Crippen molar-refractivity contribution in [2.45, 2.75) is 18.2 Å². The van der Waals surface area contributed by atoms with Gasteiger partial charge in [0, 0.05) is 24.0 Å². The van der Waals surface area contributed by atoms with E-state index in [0.29, 0.717) is 12.2 Å². The van der Waals surface area contributed by atoms with Crippen LogP contribution in [0.25, 0.3) is 0 Å². The average Bonchev–Trinajstić information content (AvgIpc) is 2.28. The van der Waals surface area contributed by atoms with E-state index in [-0.39, 0.29) is 12.4 Å². The summed E-state index contributed by atoms with van der Waals surface area (Å²) in [6.07, 6.45) is 0.423. The zero-order chi connectivity index (χ0) is 11.8. The molecule has 0 saturated heterocycles. The highest BCUT2D eigenvalue weighted by Crippen LogP contribution is 2.17. The monoisotopic (exact) mass is 238 g/mol. The molecule has 0 aliphatic heterocycles. The van der Waals surface area contributed by atoms with E-state index >= 15 is 0 Å². The quantitative estimate of drug-likeness (QED) is 0.563. The van der Waals surface area contributed by atoms with Crippen molar-refractivity contribution in [1.29, 1.82) is 0 Å². The SMILES string of the molecule is CC(=O)OCC(=O)CCSc1ccccc1. The second-order valence-corrected chi connectivity index (χ2v) is 4.40. The van der Waals surface area contributed by atoms with E-state index in [1.54, 1.807) is 11.8 Å². The molecule has 0 amide bonds. The third-order valence-electron chi connectivity index (χ3n) is 1.83. The van der Waals surface area contributed by atoms with Crippen LogP contribution in [0.15, 0.2) is 35.2 Å². The Kier molecular flexibility index (Phi) is 5.64. The zero-order valence-corrected chi connectivity index (χ0v) is 9.96. The second kappa shape index (κ2) is 7.06. The zero-order valence-electron chi connectivity index (χ0n) is 9.14. The molecule has 4 heteroatoms. The van der Waals surface area contributed by atoms with Crippen molar-refractivity contribution < 1.29 is 14.3 Å². The molecule has 0 aliphatic rings. The van der Waals surface area contributed by atoms with Crippen LogP contribution in [-0.2, 0) is 14.3 Å². The molecule has 0 aromatic heterocycles. The predicted octanol–water partition coefficient (Wildman–Crippen LogP) is 2.30. The highest BCUT2D eigenvalue weighted by molar-refractivity contribution is 7.99. The van der Waals surface area contributed by atoms with Crippen LogP contribution in [0.4, 0.5) is 0 Å². The van der Waals surface area contributed by atoms with Gasteiger partial charge in [0.05, 0.1) is 0 Å². The second-order valence-electron chi connectivity index (χ2n) is 3.23. The predicted molar refractivity (Wildman–Crippen MR) is 63.4 cm³/mol. The van der Waals surface area contributed by atoms with Crippen LogP contribution in [0.1, 0.15) is 13.3 Å². The van der Waals surface area contributed by atoms with Crippen molar-refractivity contribution in [3.63, 3.8) is 0 Å². The first-order valence-corrected chi connectivity index (χ1v) is 6.00. The maximum atomic E-state index is 11.2. The lowest BCUT2D eigenvalue weighted by molar-refractivity contribution is -0.145. The molecule has 0 fully saturated rings. The van der Waals surface area contributed by atoms with Gasteiger partial charge in [-0.25, -0.2) is 0 Å². The molecule has 0 aliphatic carbocycles. The summed E-state index contributed by atoms with van der Waals surface area (Å²) in [6.45, 7) is 1.19. The Morgan fingerprint density at radius 1 is 1.25 bits per heavy atom. The maximum absolute atomic E-state index is 11.2. The Morgan fingerprint density at radius 2 is 1.94 bits per heavy atom. The van der Waals surface area contributed by atoms with E-state index in [1.165, 1.54) is 6.92 Å². The Bertz CT molecular complexity index is 349. The minimum absolute atomic E-state index is 0.0429. The van der Waals surface area contributed by atoms with E-state index < -0.39 is 5.97 Å². The summed E-state index contributed by atoms with van der Waals surface area (Å²) in [4.78, 5) is 22.9. The molecule has 0 saturated carbocycles. The molecular formula is C12H14O3S. The lowest BCUT2D eigenvalue weighted by Gasteiger charge is -2.02. The Labute approximate surface area is 99.2 Å². The third kappa shape index (κ3) is 5.56. The fourth-order valence-electron chi connectivity index (χ4n) is 1.05. The van der Waals surface area contributed by atoms with Crippen LogP contribution in [0, 0.1) is 0 Å². The number of esters is 1. The first-order chi connectivity index (χ1) is 7.68. The van der Waals surface area contributed by atoms with Gasteiger partial charge < -0.3 is 4.74 Å². The van der Waals surface area contributed by atoms with Crippen molar-refractivity contribution in [2.24, 2.45) is 0 Å². The molecule has 0 atom stereocenters. The van der Waals surface area contributed by atoms with E-state index in [9.17, 15) is 9.59 Å². The summed E-state index contributed by atoms with van der Waals surface area (Å²) in [5, 5.41) is 0. The number of thioether (sulfide) groups is 1. The number of rotatable bonds is 6. The summed E-state index contributed by atoms with van der Waals surface area (Å²) in [6, 6.07) is 9.88. The van der Waals surface area contributed by atoms with Gasteiger partial charge in [-0.05, 0) is 12.1 Å². The van der Waals surface area contributed by atoms with Crippen molar-refractivity contribution in [3.8, 4) is 0 Å². The molecule has 0 bridgehead atoms. The van der Waals surface area contributed by atoms with Gasteiger partial charge in [0.2, 0.25) is 0 Å². The largest absolute Gasteiger partial charge is 0.458 e. The number of hydrogen-bond donors (Lipinski definition) is 0. The molecule has 0 unspecified atom stereocenters. The molecule has 1 aromatic rings. The minimum atomic E-state index is -0.413. The molecule has 0 heterocycles. The summed E-state index contributed by atoms with van der Waals surface area (Å²) in [5.41, 5.74) is 0. The van der Waals surface area contributed by atoms with E-state index in [2.05, 4.69) is 4.74 Å². The third-order valence-corrected chi connectivity index (χ3v) is 2.84. The van der Waals surface area contributed by atoms with Gasteiger partial charge >= 0.3 is 5.97 Å².